The molecule has 0 aliphatic rings. The first-order valence-electron chi connectivity index (χ1n) is 4.38. The van der Waals surface area contributed by atoms with Gasteiger partial charge in [-0.05, 0) is 24.3 Å². The molecule has 4 nitrogen and oxygen atoms in total. The Balaban J connectivity index is 0.00000112. The van der Waals surface area contributed by atoms with Gasteiger partial charge < -0.3 is 20.5 Å². The van der Waals surface area contributed by atoms with Gasteiger partial charge in [0.05, 0.1) is 18.5 Å². The van der Waals surface area contributed by atoms with Crippen LogP contribution in [-0.2, 0) is 0 Å². The van der Waals surface area contributed by atoms with E-state index in [1.165, 1.54) is 0 Å². The average molecular weight is 243 g/mol. The summed E-state index contributed by atoms with van der Waals surface area (Å²) in [5.41, 5.74) is 7.56. The summed E-state index contributed by atoms with van der Waals surface area (Å²) in [6.07, 6.45) is 3.91. The number of nitrogens with zero attached hydrogens (tertiary/aromatic N) is 1. The summed E-state index contributed by atoms with van der Waals surface area (Å²) < 4.78 is 7.05. The Morgan fingerprint density at radius 3 is 2.31 bits per heavy atom. The van der Waals surface area contributed by atoms with E-state index in [2.05, 4.69) is 0 Å². The molecule has 88 valence electrons. The second-order valence-corrected chi connectivity index (χ2v) is 3.02. The lowest BCUT2D eigenvalue weighted by Crippen LogP contribution is -1.97. The van der Waals surface area contributed by atoms with Crippen LogP contribution in [0.5, 0.6) is 5.75 Å². The first kappa shape index (κ1) is 14.3. The molecular weight excluding hydrogens is 228 g/mol. The summed E-state index contributed by atoms with van der Waals surface area (Å²) in [4.78, 5) is 0. The number of hydrogen-bond acceptors (Lipinski definition) is 2. The highest BCUT2D eigenvalue weighted by Crippen LogP contribution is 2.22. The Labute approximate surface area is 100 Å². The standard InChI is InChI=1S/C11H12N2O.ClH.H2O/c1-14-9-4-5-11(10(12)8-9)13-6-2-3-7-13;;/h2-8H,12H2,1H3;1H;1H2. The van der Waals surface area contributed by atoms with Crippen LogP contribution in [0.2, 0.25) is 0 Å². The molecule has 1 aromatic heterocycles. The van der Waals surface area contributed by atoms with Gasteiger partial charge in [0.1, 0.15) is 5.75 Å². The summed E-state index contributed by atoms with van der Waals surface area (Å²) >= 11 is 0. The van der Waals surface area contributed by atoms with Crippen molar-refractivity contribution in [1.29, 1.82) is 0 Å². The predicted molar refractivity (Wildman–Crippen MR) is 67.6 cm³/mol. The molecule has 0 fully saturated rings. The van der Waals surface area contributed by atoms with Crippen molar-refractivity contribution in [1.82, 2.24) is 4.57 Å². The van der Waals surface area contributed by atoms with E-state index in [4.69, 9.17) is 10.5 Å². The van der Waals surface area contributed by atoms with Crippen molar-refractivity contribution >= 4 is 18.1 Å². The molecule has 2 rings (SSSR count). The van der Waals surface area contributed by atoms with Gasteiger partial charge in [0.2, 0.25) is 0 Å². The zero-order chi connectivity index (χ0) is 9.97. The molecule has 4 N–H and O–H groups in total. The number of ether oxygens (including phenoxy) is 1. The number of nitrogen functional groups attached to an aromatic ring is 1. The van der Waals surface area contributed by atoms with Gasteiger partial charge in [0, 0.05) is 18.5 Å². The molecule has 5 heteroatoms. The fraction of sp³-hybridized carbons (Fsp3) is 0.0909. The minimum atomic E-state index is 0. The molecule has 2 aromatic rings. The third-order valence-electron chi connectivity index (χ3n) is 2.12. The molecule has 1 heterocycles. The fourth-order valence-corrected chi connectivity index (χ4v) is 1.39. The number of benzene rings is 1. The van der Waals surface area contributed by atoms with Gasteiger partial charge in [0.15, 0.2) is 0 Å². The van der Waals surface area contributed by atoms with Crippen LogP contribution in [0.25, 0.3) is 5.69 Å². The lowest BCUT2D eigenvalue weighted by Gasteiger charge is -2.08. The Hall–Kier alpha value is -1.65. The van der Waals surface area contributed by atoms with E-state index in [-0.39, 0.29) is 17.9 Å². The van der Waals surface area contributed by atoms with Gasteiger partial charge in [-0.1, -0.05) is 0 Å². The SMILES string of the molecule is COc1ccc(-n2cccc2)c(N)c1.Cl.O. The van der Waals surface area contributed by atoms with Crippen LogP contribution in [-0.4, -0.2) is 17.2 Å². The van der Waals surface area contributed by atoms with Crippen molar-refractivity contribution in [3.63, 3.8) is 0 Å². The largest absolute Gasteiger partial charge is 0.497 e. The maximum atomic E-state index is 5.89. The molecule has 1 aromatic carbocycles. The van der Waals surface area contributed by atoms with Crippen molar-refractivity contribution in [2.75, 3.05) is 12.8 Å². The van der Waals surface area contributed by atoms with Gasteiger partial charge in [-0.25, -0.2) is 0 Å². The monoisotopic (exact) mass is 242 g/mol. The molecule has 0 radical (unpaired) electrons. The first-order chi connectivity index (χ1) is 6.81. The van der Waals surface area contributed by atoms with Gasteiger partial charge in [-0.3, -0.25) is 0 Å². The number of methoxy groups -OCH3 is 1. The molecule has 0 saturated carbocycles. The smallest absolute Gasteiger partial charge is 0.121 e. The molecule has 0 spiro atoms. The molecule has 0 amide bonds. The second kappa shape index (κ2) is 6.05. The van der Waals surface area contributed by atoms with Crippen LogP contribution in [0.15, 0.2) is 42.7 Å². The fourth-order valence-electron chi connectivity index (χ4n) is 1.39. The highest BCUT2D eigenvalue weighted by Gasteiger charge is 2.01. The quantitative estimate of drug-likeness (QED) is 0.814. The third kappa shape index (κ3) is 2.68. The molecule has 16 heavy (non-hydrogen) atoms. The maximum Gasteiger partial charge on any atom is 0.121 e. The van der Waals surface area contributed by atoms with E-state index >= 15 is 0 Å². The lowest BCUT2D eigenvalue weighted by molar-refractivity contribution is 0.415. The van der Waals surface area contributed by atoms with Gasteiger partial charge in [-0.15, -0.1) is 12.4 Å². The number of anilines is 1. The minimum Gasteiger partial charge on any atom is -0.497 e. The van der Waals surface area contributed by atoms with Crippen LogP contribution < -0.4 is 10.5 Å². The summed E-state index contributed by atoms with van der Waals surface area (Å²) in [7, 11) is 1.63. The van der Waals surface area contributed by atoms with E-state index in [1.54, 1.807) is 7.11 Å². The highest BCUT2D eigenvalue weighted by atomic mass is 35.5. The van der Waals surface area contributed by atoms with Crippen LogP contribution >= 0.6 is 12.4 Å². The molecule has 0 aliphatic carbocycles. The Kier molecular flexibility index (Phi) is 5.42. The van der Waals surface area contributed by atoms with E-state index in [9.17, 15) is 0 Å². The second-order valence-electron chi connectivity index (χ2n) is 3.02. The Bertz CT molecular complexity index is 430. The van der Waals surface area contributed by atoms with Gasteiger partial charge in [0.25, 0.3) is 0 Å². The first-order valence-corrected chi connectivity index (χ1v) is 4.38. The van der Waals surface area contributed by atoms with Gasteiger partial charge >= 0.3 is 0 Å². The molecule has 0 saturated heterocycles. The number of nitrogens with two attached hydrogens (primary N) is 1. The average Bonchev–Trinajstić information content (AvgIpc) is 2.70. The third-order valence-corrected chi connectivity index (χ3v) is 2.12. The zero-order valence-corrected chi connectivity index (χ0v) is 9.70. The normalized spacial score (nSPS) is 8.81. The van der Waals surface area contributed by atoms with E-state index in [0.29, 0.717) is 5.69 Å². The van der Waals surface area contributed by atoms with E-state index < -0.39 is 0 Å². The van der Waals surface area contributed by atoms with E-state index in [0.717, 1.165) is 11.4 Å². The number of aromatic nitrogens is 1. The topological polar surface area (TPSA) is 71.7 Å². The maximum absolute atomic E-state index is 5.89. The molecule has 0 bridgehead atoms. The van der Waals surface area contributed by atoms with Crippen molar-refractivity contribution in [2.24, 2.45) is 0 Å². The number of halogens is 1. The zero-order valence-electron chi connectivity index (χ0n) is 8.88. The van der Waals surface area contributed by atoms with Crippen LogP contribution in [0, 0.1) is 0 Å². The van der Waals surface area contributed by atoms with Crippen LogP contribution in [0.4, 0.5) is 5.69 Å². The van der Waals surface area contributed by atoms with Crippen molar-refractivity contribution < 1.29 is 10.2 Å². The summed E-state index contributed by atoms with van der Waals surface area (Å²) in [5, 5.41) is 0. The number of hydrogen-bond donors (Lipinski definition) is 1. The van der Waals surface area contributed by atoms with Crippen LogP contribution in [0.3, 0.4) is 0 Å². The molecule has 0 aliphatic heterocycles. The molecule has 0 unspecified atom stereocenters. The van der Waals surface area contributed by atoms with Crippen molar-refractivity contribution in [3.05, 3.63) is 42.7 Å². The van der Waals surface area contributed by atoms with Crippen molar-refractivity contribution in [2.45, 2.75) is 0 Å². The number of rotatable bonds is 2. The molecule has 0 atom stereocenters. The van der Waals surface area contributed by atoms with E-state index in [1.807, 2.05) is 47.3 Å². The summed E-state index contributed by atoms with van der Waals surface area (Å²) in [6, 6.07) is 9.57. The Morgan fingerprint density at radius 1 is 1.19 bits per heavy atom. The minimum absolute atomic E-state index is 0. The van der Waals surface area contributed by atoms with Crippen molar-refractivity contribution in [3.8, 4) is 11.4 Å². The highest BCUT2D eigenvalue weighted by molar-refractivity contribution is 5.85. The lowest BCUT2D eigenvalue weighted by atomic mass is 10.2. The summed E-state index contributed by atoms with van der Waals surface area (Å²) in [6.45, 7) is 0. The van der Waals surface area contributed by atoms with Gasteiger partial charge in [-0.2, -0.15) is 0 Å². The van der Waals surface area contributed by atoms with Crippen LogP contribution in [0.1, 0.15) is 0 Å². The summed E-state index contributed by atoms with van der Waals surface area (Å²) in [5.74, 6) is 0.776. The Morgan fingerprint density at radius 2 is 1.81 bits per heavy atom. The predicted octanol–water partition coefficient (Wildman–Crippen LogP) is 1.67. The molecular formula is C11H15ClN2O2.